The molecule has 3 amide bonds. The smallest absolute Gasteiger partial charge is 0.289 e. The lowest BCUT2D eigenvalue weighted by atomic mass is 9.89. The highest BCUT2D eigenvalue weighted by Crippen LogP contribution is 2.30. The average molecular weight is 360 g/mol. The predicted molar refractivity (Wildman–Crippen MR) is 98.3 cm³/mol. The van der Waals surface area contributed by atoms with Crippen LogP contribution in [0.1, 0.15) is 44.1 Å². The molecule has 1 heterocycles. The quantitative estimate of drug-likeness (QED) is 0.846. The Kier molecular flexibility index (Phi) is 6.13. The van der Waals surface area contributed by atoms with Crippen LogP contribution in [0.4, 0.5) is 4.79 Å². The van der Waals surface area contributed by atoms with Crippen LogP contribution in [0.5, 0.6) is 0 Å². The van der Waals surface area contributed by atoms with Gasteiger partial charge in [-0.3, -0.25) is 19.3 Å². The summed E-state index contributed by atoms with van der Waals surface area (Å²) in [5, 5.41) is 2.91. The van der Waals surface area contributed by atoms with E-state index in [0.29, 0.717) is 6.42 Å². The highest BCUT2D eigenvalue weighted by atomic mass is 32.2. The first kappa shape index (κ1) is 18.0. The second kappa shape index (κ2) is 8.52. The molecule has 1 N–H and O–H groups in total. The molecule has 134 valence electrons. The van der Waals surface area contributed by atoms with Crippen LogP contribution in [-0.4, -0.2) is 39.8 Å². The van der Waals surface area contributed by atoms with Gasteiger partial charge in [-0.25, -0.2) is 0 Å². The van der Waals surface area contributed by atoms with Crippen molar-refractivity contribution in [3.63, 3.8) is 0 Å². The van der Waals surface area contributed by atoms with Gasteiger partial charge in [0, 0.05) is 12.5 Å². The second-order valence-corrected chi connectivity index (χ2v) is 7.61. The maximum absolute atomic E-state index is 12.3. The Morgan fingerprint density at radius 3 is 2.64 bits per heavy atom. The molecule has 0 bridgehead atoms. The van der Waals surface area contributed by atoms with Gasteiger partial charge in [-0.15, -0.1) is 0 Å². The third-order valence-electron chi connectivity index (χ3n) is 4.90. The number of imide groups is 1. The standard InChI is InChI=1S/C19H24N2O3S/c22-17(12-6-9-14-7-2-1-3-8-14)20-15-10-4-5-11-16(15)21-18(23)13-25-19(21)24/h1-3,7-8,15-16H,4-6,9-13H2,(H,20,22). The fourth-order valence-electron chi connectivity index (χ4n) is 3.65. The minimum Gasteiger partial charge on any atom is -0.351 e. The zero-order chi connectivity index (χ0) is 17.6. The molecule has 2 aliphatic rings. The number of nitrogens with zero attached hydrogens (tertiary/aromatic N) is 1. The second-order valence-electron chi connectivity index (χ2n) is 6.68. The fraction of sp³-hybridized carbons (Fsp3) is 0.526. The first-order valence-electron chi connectivity index (χ1n) is 8.97. The number of hydrogen-bond donors (Lipinski definition) is 1. The summed E-state index contributed by atoms with van der Waals surface area (Å²) in [5.74, 6) is 0.123. The van der Waals surface area contributed by atoms with Crippen LogP contribution in [0.15, 0.2) is 30.3 Å². The van der Waals surface area contributed by atoms with Crippen molar-refractivity contribution in [2.45, 2.75) is 57.0 Å². The van der Waals surface area contributed by atoms with Gasteiger partial charge in [0.05, 0.1) is 11.8 Å². The summed E-state index contributed by atoms with van der Waals surface area (Å²) in [4.78, 5) is 37.7. The van der Waals surface area contributed by atoms with Crippen molar-refractivity contribution in [3.8, 4) is 0 Å². The van der Waals surface area contributed by atoms with Crippen LogP contribution in [0.2, 0.25) is 0 Å². The van der Waals surface area contributed by atoms with Gasteiger partial charge in [0.1, 0.15) is 0 Å². The highest BCUT2D eigenvalue weighted by Gasteiger charge is 2.41. The molecule has 1 saturated carbocycles. The summed E-state index contributed by atoms with van der Waals surface area (Å²) in [6.07, 6.45) is 5.77. The van der Waals surface area contributed by atoms with Crippen molar-refractivity contribution in [3.05, 3.63) is 35.9 Å². The largest absolute Gasteiger partial charge is 0.351 e. The van der Waals surface area contributed by atoms with Crippen molar-refractivity contribution < 1.29 is 14.4 Å². The van der Waals surface area contributed by atoms with E-state index in [1.165, 1.54) is 10.5 Å². The Labute approximate surface area is 152 Å². The van der Waals surface area contributed by atoms with E-state index in [1.54, 1.807) is 0 Å². The molecule has 2 fully saturated rings. The van der Waals surface area contributed by atoms with E-state index in [1.807, 2.05) is 18.2 Å². The van der Waals surface area contributed by atoms with Crippen molar-refractivity contribution in [2.24, 2.45) is 0 Å². The van der Waals surface area contributed by atoms with Crippen LogP contribution in [0.25, 0.3) is 0 Å². The molecule has 2 unspecified atom stereocenters. The number of carbonyl (C=O) groups excluding carboxylic acids is 3. The van der Waals surface area contributed by atoms with E-state index in [-0.39, 0.29) is 34.9 Å². The first-order chi connectivity index (χ1) is 12.1. The van der Waals surface area contributed by atoms with E-state index in [2.05, 4.69) is 17.4 Å². The molecule has 1 aromatic rings. The molecule has 3 rings (SSSR count). The van der Waals surface area contributed by atoms with E-state index in [0.717, 1.165) is 50.3 Å². The molecule has 0 spiro atoms. The molecule has 25 heavy (non-hydrogen) atoms. The number of rotatable bonds is 6. The third-order valence-corrected chi connectivity index (χ3v) is 5.74. The van der Waals surface area contributed by atoms with Gasteiger partial charge in [0.25, 0.3) is 5.24 Å². The molecule has 6 heteroatoms. The van der Waals surface area contributed by atoms with Crippen LogP contribution >= 0.6 is 11.8 Å². The molecular weight excluding hydrogens is 336 g/mol. The Balaban J connectivity index is 1.51. The van der Waals surface area contributed by atoms with Crippen molar-refractivity contribution in [2.75, 3.05) is 5.75 Å². The summed E-state index contributed by atoms with van der Waals surface area (Å²) in [7, 11) is 0. The maximum atomic E-state index is 12.3. The molecule has 0 aromatic heterocycles. The molecule has 1 aliphatic carbocycles. The SMILES string of the molecule is O=C(CCCc1ccccc1)NC1CCCCC1N1C(=O)CSC1=O. The van der Waals surface area contributed by atoms with Crippen LogP contribution in [0.3, 0.4) is 0 Å². The Morgan fingerprint density at radius 1 is 1.16 bits per heavy atom. The van der Waals surface area contributed by atoms with Gasteiger partial charge < -0.3 is 5.32 Å². The molecule has 0 radical (unpaired) electrons. The minimum atomic E-state index is -0.179. The van der Waals surface area contributed by atoms with Gasteiger partial charge in [-0.05, 0) is 31.2 Å². The van der Waals surface area contributed by atoms with Crippen molar-refractivity contribution in [1.29, 1.82) is 0 Å². The summed E-state index contributed by atoms with van der Waals surface area (Å²) in [6, 6.07) is 9.84. The third kappa shape index (κ3) is 4.63. The van der Waals surface area contributed by atoms with Gasteiger partial charge in [-0.1, -0.05) is 54.9 Å². The predicted octanol–water partition coefficient (Wildman–Crippen LogP) is 3.13. The monoisotopic (exact) mass is 360 g/mol. The first-order valence-corrected chi connectivity index (χ1v) is 9.96. The van der Waals surface area contributed by atoms with Crippen molar-refractivity contribution in [1.82, 2.24) is 10.2 Å². The normalized spacial score (nSPS) is 23.8. The Morgan fingerprint density at radius 2 is 1.92 bits per heavy atom. The van der Waals surface area contributed by atoms with Gasteiger partial charge in [-0.2, -0.15) is 0 Å². The Hall–Kier alpha value is -1.82. The number of hydrogen-bond acceptors (Lipinski definition) is 4. The van der Waals surface area contributed by atoms with E-state index < -0.39 is 0 Å². The summed E-state index contributed by atoms with van der Waals surface area (Å²) in [5.41, 5.74) is 1.23. The Bertz CT molecular complexity index is 619. The number of benzene rings is 1. The summed E-state index contributed by atoms with van der Waals surface area (Å²) in [6.45, 7) is 0. The molecule has 1 aromatic carbocycles. The fourth-order valence-corrected chi connectivity index (χ4v) is 4.41. The zero-order valence-electron chi connectivity index (χ0n) is 14.3. The summed E-state index contributed by atoms with van der Waals surface area (Å²) >= 11 is 1.06. The molecular formula is C19H24N2O3S. The number of amides is 3. The topological polar surface area (TPSA) is 66.5 Å². The average Bonchev–Trinajstić information content (AvgIpc) is 2.95. The lowest BCUT2D eigenvalue weighted by Gasteiger charge is -2.36. The number of carbonyl (C=O) groups is 3. The lowest BCUT2D eigenvalue weighted by Crippen LogP contribution is -2.54. The van der Waals surface area contributed by atoms with Crippen molar-refractivity contribution >= 4 is 28.8 Å². The molecule has 1 aliphatic heterocycles. The van der Waals surface area contributed by atoms with Crippen LogP contribution in [-0.2, 0) is 16.0 Å². The van der Waals surface area contributed by atoms with Gasteiger partial charge in [0.2, 0.25) is 11.8 Å². The zero-order valence-corrected chi connectivity index (χ0v) is 15.1. The number of aryl methyl sites for hydroxylation is 1. The van der Waals surface area contributed by atoms with Gasteiger partial charge in [0.15, 0.2) is 0 Å². The van der Waals surface area contributed by atoms with E-state index in [4.69, 9.17) is 0 Å². The molecule has 1 saturated heterocycles. The lowest BCUT2D eigenvalue weighted by molar-refractivity contribution is -0.129. The highest BCUT2D eigenvalue weighted by molar-refractivity contribution is 8.14. The maximum Gasteiger partial charge on any atom is 0.289 e. The van der Waals surface area contributed by atoms with Crippen LogP contribution in [0, 0.1) is 0 Å². The van der Waals surface area contributed by atoms with E-state index in [9.17, 15) is 14.4 Å². The molecule has 2 atom stereocenters. The number of thioether (sulfide) groups is 1. The minimum absolute atomic E-state index is 0.0135. The van der Waals surface area contributed by atoms with Crippen LogP contribution < -0.4 is 5.32 Å². The van der Waals surface area contributed by atoms with E-state index >= 15 is 0 Å². The van der Waals surface area contributed by atoms with Gasteiger partial charge >= 0.3 is 0 Å². The summed E-state index contributed by atoms with van der Waals surface area (Å²) < 4.78 is 0. The number of nitrogens with one attached hydrogen (secondary N) is 1. The molecule has 5 nitrogen and oxygen atoms in total.